The SMILES string of the molecule is Cc1ccc(CC(C)CC(N)=S)c(Br)c1. The Morgan fingerprint density at radius 1 is 1.53 bits per heavy atom. The van der Waals surface area contributed by atoms with Crippen molar-refractivity contribution >= 4 is 33.1 Å². The van der Waals surface area contributed by atoms with Gasteiger partial charge in [0.1, 0.15) is 0 Å². The van der Waals surface area contributed by atoms with Gasteiger partial charge in [0.25, 0.3) is 0 Å². The highest BCUT2D eigenvalue weighted by Gasteiger charge is 2.07. The molecule has 0 saturated heterocycles. The maximum absolute atomic E-state index is 5.53. The van der Waals surface area contributed by atoms with Gasteiger partial charge in [0.05, 0.1) is 4.99 Å². The van der Waals surface area contributed by atoms with Gasteiger partial charge in [-0.25, -0.2) is 0 Å². The van der Waals surface area contributed by atoms with Crippen LogP contribution < -0.4 is 5.73 Å². The molecule has 1 aromatic rings. The van der Waals surface area contributed by atoms with Gasteiger partial charge in [0, 0.05) is 10.9 Å². The first-order valence-corrected chi connectivity index (χ1v) is 6.22. The average molecular weight is 286 g/mol. The van der Waals surface area contributed by atoms with Crippen molar-refractivity contribution in [2.24, 2.45) is 11.7 Å². The molecule has 0 bridgehead atoms. The Morgan fingerprint density at radius 3 is 2.73 bits per heavy atom. The fourth-order valence-corrected chi connectivity index (χ4v) is 2.55. The molecule has 0 heterocycles. The molecule has 1 aromatic carbocycles. The number of rotatable bonds is 4. The molecule has 1 nitrogen and oxygen atoms in total. The van der Waals surface area contributed by atoms with E-state index in [1.54, 1.807) is 0 Å². The summed E-state index contributed by atoms with van der Waals surface area (Å²) in [5.41, 5.74) is 8.12. The van der Waals surface area contributed by atoms with Crippen molar-refractivity contribution in [3.05, 3.63) is 33.8 Å². The molecule has 0 saturated carbocycles. The van der Waals surface area contributed by atoms with E-state index < -0.39 is 0 Å². The zero-order valence-corrected chi connectivity index (χ0v) is 11.5. The quantitative estimate of drug-likeness (QED) is 0.856. The summed E-state index contributed by atoms with van der Waals surface area (Å²) in [6, 6.07) is 6.44. The fourth-order valence-electron chi connectivity index (χ4n) is 1.61. The maximum Gasteiger partial charge on any atom is 0.0730 e. The smallest absolute Gasteiger partial charge is 0.0730 e. The first kappa shape index (κ1) is 12.7. The first-order chi connectivity index (χ1) is 6.99. The van der Waals surface area contributed by atoms with Crippen LogP contribution in [0.1, 0.15) is 24.5 Å². The number of hydrogen-bond donors (Lipinski definition) is 1. The Labute approximate surface area is 105 Å². The van der Waals surface area contributed by atoms with E-state index in [0.29, 0.717) is 10.9 Å². The first-order valence-electron chi connectivity index (χ1n) is 5.02. The van der Waals surface area contributed by atoms with Crippen LogP contribution >= 0.6 is 28.1 Å². The summed E-state index contributed by atoms with van der Waals surface area (Å²) in [7, 11) is 0. The largest absolute Gasteiger partial charge is 0.393 e. The summed E-state index contributed by atoms with van der Waals surface area (Å²) in [6.45, 7) is 4.26. The average Bonchev–Trinajstić information content (AvgIpc) is 2.08. The molecule has 82 valence electrons. The molecule has 0 amide bonds. The summed E-state index contributed by atoms with van der Waals surface area (Å²) < 4.78 is 1.18. The third kappa shape index (κ3) is 4.31. The molecule has 0 aliphatic rings. The minimum Gasteiger partial charge on any atom is -0.393 e. The second-order valence-electron chi connectivity index (χ2n) is 4.07. The van der Waals surface area contributed by atoms with Crippen LogP contribution in [-0.2, 0) is 6.42 Å². The lowest BCUT2D eigenvalue weighted by molar-refractivity contribution is 0.606. The summed E-state index contributed by atoms with van der Waals surface area (Å²) in [4.78, 5) is 0.603. The van der Waals surface area contributed by atoms with E-state index in [-0.39, 0.29) is 0 Å². The molecular formula is C12H16BrNS. The zero-order valence-electron chi connectivity index (χ0n) is 9.09. The Bertz CT molecular complexity index is 363. The van der Waals surface area contributed by atoms with Gasteiger partial charge in [0.15, 0.2) is 0 Å². The molecule has 0 aromatic heterocycles. The van der Waals surface area contributed by atoms with Crippen molar-refractivity contribution < 1.29 is 0 Å². The van der Waals surface area contributed by atoms with Crippen molar-refractivity contribution in [3.63, 3.8) is 0 Å². The van der Waals surface area contributed by atoms with Gasteiger partial charge >= 0.3 is 0 Å². The maximum atomic E-state index is 5.53. The number of hydrogen-bond acceptors (Lipinski definition) is 1. The van der Waals surface area contributed by atoms with E-state index in [9.17, 15) is 0 Å². The van der Waals surface area contributed by atoms with Crippen LogP contribution in [0.25, 0.3) is 0 Å². The van der Waals surface area contributed by atoms with E-state index in [2.05, 4.69) is 48.0 Å². The minimum absolute atomic E-state index is 0.501. The van der Waals surface area contributed by atoms with Gasteiger partial charge in [-0.15, -0.1) is 0 Å². The number of thiocarbonyl (C=S) groups is 1. The lowest BCUT2D eigenvalue weighted by Crippen LogP contribution is -2.14. The Balaban J connectivity index is 2.68. The van der Waals surface area contributed by atoms with Crippen molar-refractivity contribution in [3.8, 4) is 0 Å². The van der Waals surface area contributed by atoms with Crippen LogP contribution in [-0.4, -0.2) is 4.99 Å². The number of aryl methyl sites for hydroxylation is 1. The van der Waals surface area contributed by atoms with Crippen molar-refractivity contribution in [1.82, 2.24) is 0 Å². The number of benzene rings is 1. The predicted molar refractivity (Wildman–Crippen MR) is 73.1 cm³/mol. The molecule has 15 heavy (non-hydrogen) atoms. The molecule has 0 aliphatic carbocycles. The molecule has 0 aliphatic heterocycles. The molecule has 1 unspecified atom stereocenters. The van der Waals surface area contributed by atoms with Crippen LogP contribution in [0.5, 0.6) is 0 Å². The van der Waals surface area contributed by atoms with Gasteiger partial charge < -0.3 is 5.73 Å². The summed E-state index contributed by atoms with van der Waals surface area (Å²) >= 11 is 8.49. The van der Waals surface area contributed by atoms with E-state index in [0.717, 1.165) is 12.8 Å². The Kier molecular flexibility index (Phi) is 4.74. The highest BCUT2D eigenvalue weighted by atomic mass is 79.9. The molecule has 0 fully saturated rings. The molecule has 3 heteroatoms. The molecule has 0 spiro atoms. The number of nitrogens with two attached hydrogens (primary N) is 1. The third-order valence-electron chi connectivity index (χ3n) is 2.33. The highest BCUT2D eigenvalue weighted by Crippen LogP contribution is 2.22. The lowest BCUT2D eigenvalue weighted by Gasteiger charge is -2.12. The summed E-state index contributed by atoms with van der Waals surface area (Å²) in [5, 5.41) is 0. The second-order valence-corrected chi connectivity index (χ2v) is 5.45. The monoisotopic (exact) mass is 285 g/mol. The van der Waals surface area contributed by atoms with Crippen LogP contribution in [0.3, 0.4) is 0 Å². The lowest BCUT2D eigenvalue weighted by atomic mass is 9.97. The summed E-state index contributed by atoms with van der Waals surface area (Å²) in [5.74, 6) is 0.501. The van der Waals surface area contributed by atoms with Crippen molar-refractivity contribution in [1.29, 1.82) is 0 Å². The second kappa shape index (κ2) is 5.61. The normalized spacial score (nSPS) is 12.5. The van der Waals surface area contributed by atoms with E-state index in [1.165, 1.54) is 15.6 Å². The van der Waals surface area contributed by atoms with Gasteiger partial charge in [0.2, 0.25) is 0 Å². The molecular weight excluding hydrogens is 270 g/mol. The molecule has 2 N–H and O–H groups in total. The predicted octanol–water partition coefficient (Wildman–Crippen LogP) is 3.61. The topological polar surface area (TPSA) is 26.0 Å². The summed E-state index contributed by atoms with van der Waals surface area (Å²) in [6.07, 6.45) is 1.83. The van der Waals surface area contributed by atoms with Gasteiger partial charge in [-0.2, -0.15) is 0 Å². The molecule has 1 rings (SSSR count). The Hall–Kier alpha value is -0.410. The van der Waals surface area contributed by atoms with Crippen molar-refractivity contribution in [2.45, 2.75) is 26.7 Å². The minimum atomic E-state index is 0.501. The highest BCUT2D eigenvalue weighted by molar-refractivity contribution is 9.10. The van der Waals surface area contributed by atoms with Crippen LogP contribution in [0, 0.1) is 12.8 Å². The van der Waals surface area contributed by atoms with Gasteiger partial charge in [-0.3, -0.25) is 0 Å². The van der Waals surface area contributed by atoms with Gasteiger partial charge in [-0.1, -0.05) is 47.2 Å². The van der Waals surface area contributed by atoms with E-state index in [1.807, 2.05) is 0 Å². The number of halogens is 1. The zero-order chi connectivity index (χ0) is 11.4. The van der Waals surface area contributed by atoms with Crippen LogP contribution in [0.15, 0.2) is 22.7 Å². The van der Waals surface area contributed by atoms with Crippen LogP contribution in [0.4, 0.5) is 0 Å². The van der Waals surface area contributed by atoms with E-state index >= 15 is 0 Å². The third-order valence-corrected chi connectivity index (χ3v) is 3.23. The standard InChI is InChI=1S/C12H16BrNS/c1-8-3-4-10(11(13)6-8)5-9(2)7-12(14)15/h3-4,6,9H,5,7H2,1-2H3,(H2,14,15). The van der Waals surface area contributed by atoms with Crippen LogP contribution in [0.2, 0.25) is 0 Å². The van der Waals surface area contributed by atoms with E-state index in [4.69, 9.17) is 18.0 Å². The molecule has 1 atom stereocenters. The fraction of sp³-hybridized carbons (Fsp3) is 0.417. The van der Waals surface area contributed by atoms with Crippen molar-refractivity contribution in [2.75, 3.05) is 0 Å². The Morgan fingerprint density at radius 2 is 2.20 bits per heavy atom. The van der Waals surface area contributed by atoms with Gasteiger partial charge in [-0.05, 0) is 36.5 Å². The molecule has 0 radical (unpaired) electrons.